The number of para-hydroxylation sites is 1. The highest BCUT2D eigenvalue weighted by atomic mass is 16.3. The second-order valence-electron chi connectivity index (χ2n) is 5.43. The summed E-state index contributed by atoms with van der Waals surface area (Å²) < 4.78 is 0. The SMILES string of the molecule is O=C(N/N=C\c1ccccc1O)C1C2CCCCC21. The van der Waals surface area contributed by atoms with E-state index in [1.165, 1.54) is 31.9 Å². The number of phenols is 1. The van der Waals surface area contributed by atoms with Crippen molar-refractivity contribution in [3.8, 4) is 5.75 Å². The smallest absolute Gasteiger partial charge is 0.243 e. The lowest BCUT2D eigenvalue weighted by Crippen LogP contribution is -2.20. The number of benzene rings is 1. The first-order valence-electron chi connectivity index (χ1n) is 6.88. The van der Waals surface area contributed by atoms with Gasteiger partial charge < -0.3 is 5.11 Å². The minimum Gasteiger partial charge on any atom is -0.507 e. The molecule has 4 heteroatoms. The number of nitrogens with one attached hydrogen (secondary N) is 1. The van der Waals surface area contributed by atoms with Crippen molar-refractivity contribution in [3.05, 3.63) is 29.8 Å². The maximum absolute atomic E-state index is 12.0. The third kappa shape index (κ3) is 2.48. The molecule has 2 fully saturated rings. The van der Waals surface area contributed by atoms with E-state index in [1.807, 2.05) is 6.07 Å². The molecule has 1 aromatic carbocycles. The monoisotopic (exact) mass is 258 g/mol. The number of aromatic hydroxyl groups is 1. The molecular weight excluding hydrogens is 240 g/mol. The lowest BCUT2D eigenvalue weighted by atomic mass is 10.0. The number of hydrazone groups is 1. The zero-order valence-electron chi connectivity index (χ0n) is 10.7. The van der Waals surface area contributed by atoms with Crippen molar-refractivity contribution in [2.24, 2.45) is 22.9 Å². The average molecular weight is 258 g/mol. The summed E-state index contributed by atoms with van der Waals surface area (Å²) in [5.41, 5.74) is 3.20. The number of carbonyl (C=O) groups excluding carboxylic acids is 1. The second-order valence-corrected chi connectivity index (χ2v) is 5.43. The standard InChI is InChI=1S/C15H18N2O2/c18-13-8-4-1-5-10(13)9-16-17-15(19)14-11-6-2-3-7-12(11)14/h1,4-5,8-9,11-12,14,18H,2-3,6-7H2,(H,17,19)/b16-9-. The Labute approximate surface area is 112 Å². The van der Waals surface area contributed by atoms with Crippen LogP contribution in [0.5, 0.6) is 5.75 Å². The van der Waals surface area contributed by atoms with Crippen molar-refractivity contribution in [2.75, 3.05) is 0 Å². The van der Waals surface area contributed by atoms with Gasteiger partial charge in [-0.1, -0.05) is 25.0 Å². The first-order valence-corrected chi connectivity index (χ1v) is 6.88. The van der Waals surface area contributed by atoms with Gasteiger partial charge in [0, 0.05) is 11.5 Å². The van der Waals surface area contributed by atoms with Gasteiger partial charge in [0.1, 0.15) is 5.75 Å². The van der Waals surface area contributed by atoms with Crippen LogP contribution in [0.25, 0.3) is 0 Å². The molecule has 2 atom stereocenters. The molecule has 4 nitrogen and oxygen atoms in total. The molecule has 2 N–H and O–H groups in total. The molecule has 0 radical (unpaired) electrons. The van der Waals surface area contributed by atoms with Crippen molar-refractivity contribution in [1.29, 1.82) is 0 Å². The van der Waals surface area contributed by atoms with Crippen molar-refractivity contribution >= 4 is 12.1 Å². The zero-order valence-corrected chi connectivity index (χ0v) is 10.7. The molecule has 19 heavy (non-hydrogen) atoms. The van der Waals surface area contributed by atoms with Crippen LogP contribution in [0, 0.1) is 17.8 Å². The zero-order chi connectivity index (χ0) is 13.2. The number of hydrogen-bond donors (Lipinski definition) is 2. The summed E-state index contributed by atoms with van der Waals surface area (Å²) in [4.78, 5) is 12.0. The fraction of sp³-hybridized carbons (Fsp3) is 0.467. The van der Waals surface area contributed by atoms with E-state index in [1.54, 1.807) is 18.2 Å². The maximum Gasteiger partial charge on any atom is 0.243 e. The summed E-state index contributed by atoms with van der Waals surface area (Å²) in [6.07, 6.45) is 6.37. The molecule has 0 aromatic heterocycles. The van der Waals surface area contributed by atoms with Crippen LogP contribution >= 0.6 is 0 Å². The third-order valence-corrected chi connectivity index (χ3v) is 4.27. The summed E-state index contributed by atoms with van der Waals surface area (Å²) >= 11 is 0. The molecule has 0 heterocycles. The molecule has 3 rings (SSSR count). The Balaban J connectivity index is 1.55. The highest BCUT2D eigenvalue weighted by Gasteiger charge is 2.54. The minimum atomic E-state index is 0.0311. The van der Waals surface area contributed by atoms with Gasteiger partial charge in [-0.3, -0.25) is 4.79 Å². The molecule has 1 amide bonds. The lowest BCUT2D eigenvalue weighted by molar-refractivity contribution is -0.122. The maximum atomic E-state index is 12.0. The number of fused-ring (bicyclic) bond motifs is 1. The predicted molar refractivity (Wildman–Crippen MR) is 72.8 cm³/mol. The van der Waals surface area contributed by atoms with Crippen LogP contribution in [0.1, 0.15) is 31.2 Å². The molecular formula is C15H18N2O2. The first kappa shape index (κ1) is 12.2. The van der Waals surface area contributed by atoms with Crippen LogP contribution in [-0.2, 0) is 4.79 Å². The Bertz CT molecular complexity index is 501. The Morgan fingerprint density at radius 3 is 2.63 bits per heavy atom. The van der Waals surface area contributed by atoms with E-state index >= 15 is 0 Å². The van der Waals surface area contributed by atoms with Crippen LogP contribution in [0.2, 0.25) is 0 Å². The molecule has 2 aliphatic carbocycles. The fourth-order valence-corrected chi connectivity index (χ4v) is 3.22. The second kappa shape index (κ2) is 5.03. The van der Waals surface area contributed by atoms with E-state index < -0.39 is 0 Å². The normalized spacial score (nSPS) is 28.9. The number of hydrogen-bond acceptors (Lipinski definition) is 3. The number of carbonyl (C=O) groups is 1. The summed E-state index contributed by atoms with van der Waals surface area (Å²) in [6, 6.07) is 6.92. The Kier molecular flexibility index (Phi) is 3.23. The van der Waals surface area contributed by atoms with Crippen LogP contribution < -0.4 is 5.43 Å². The number of phenolic OH excluding ortho intramolecular Hbond substituents is 1. The van der Waals surface area contributed by atoms with E-state index in [-0.39, 0.29) is 17.6 Å². The molecule has 2 aliphatic rings. The number of nitrogens with zero attached hydrogens (tertiary/aromatic N) is 1. The van der Waals surface area contributed by atoms with Gasteiger partial charge in [0.25, 0.3) is 0 Å². The molecule has 0 saturated heterocycles. The van der Waals surface area contributed by atoms with Crippen LogP contribution in [-0.4, -0.2) is 17.2 Å². The van der Waals surface area contributed by atoms with Crippen molar-refractivity contribution in [3.63, 3.8) is 0 Å². The Morgan fingerprint density at radius 2 is 1.95 bits per heavy atom. The van der Waals surface area contributed by atoms with Gasteiger partial charge >= 0.3 is 0 Å². The highest BCUT2D eigenvalue weighted by molar-refractivity contribution is 5.86. The molecule has 0 bridgehead atoms. The molecule has 1 aromatic rings. The van der Waals surface area contributed by atoms with Gasteiger partial charge in [-0.05, 0) is 36.8 Å². The highest BCUT2D eigenvalue weighted by Crippen LogP contribution is 2.55. The summed E-state index contributed by atoms with van der Waals surface area (Å²) in [6.45, 7) is 0. The van der Waals surface area contributed by atoms with E-state index in [4.69, 9.17) is 0 Å². The van der Waals surface area contributed by atoms with E-state index in [2.05, 4.69) is 10.5 Å². The largest absolute Gasteiger partial charge is 0.507 e. The summed E-state index contributed by atoms with van der Waals surface area (Å²) in [7, 11) is 0. The molecule has 100 valence electrons. The van der Waals surface area contributed by atoms with Crippen LogP contribution in [0.15, 0.2) is 29.4 Å². The van der Waals surface area contributed by atoms with Gasteiger partial charge in [-0.25, -0.2) is 5.43 Å². The molecule has 2 saturated carbocycles. The number of rotatable bonds is 3. The van der Waals surface area contributed by atoms with Gasteiger partial charge in [-0.15, -0.1) is 0 Å². The molecule has 2 unspecified atom stereocenters. The predicted octanol–water partition coefficient (Wildman–Crippen LogP) is 2.28. The van der Waals surface area contributed by atoms with E-state index in [9.17, 15) is 9.90 Å². The van der Waals surface area contributed by atoms with E-state index in [0.29, 0.717) is 17.4 Å². The van der Waals surface area contributed by atoms with Crippen molar-refractivity contribution < 1.29 is 9.90 Å². The Morgan fingerprint density at radius 1 is 1.26 bits per heavy atom. The quantitative estimate of drug-likeness (QED) is 0.645. The third-order valence-electron chi connectivity index (χ3n) is 4.27. The van der Waals surface area contributed by atoms with Crippen LogP contribution in [0.3, 0.4) is 0 Å². The summed E-state index contributed by atoms with van der Waals surface area (Å²) in [5, 5.41) is 13.5. The van der Waals surface area contributed by atoms with E-state index in [0.717, 1.165) is 0 Å². The minimum absolute atomic E-state index is 0.0311. The van der Waals surface area contributed by atoms with Gasteiger partial charge in [0.15, 0.2) is 0 Å². The van der Waals surface area contributed by atoms with Gasteiger partial charge in [0.05, 0.1) is 6.21 Å². The lowest BCUT2D eigenvalue weighted by Gasteiger charge is -2.04. The number of amides is 1. The fourth-order valence-electron chi connectivity index (χ4n) is 3.22. The van der Waals surface area contributed by atoms with Crippen molar-refractivity contribution in [1.82, 2.24) is 5.43 Å². The first-order chi connectivity index (χ1) is 9.27. The topological polar surface area (TPSA) is 61.7 Å². The van der Waals surface area contributed by atoms with Crippen LogP contribution in [0.4, 0.5) is 0 Å². The molecule has 0 aliphatic heterocycles. The van der Waals surface area contributed by atoms with Gasteiger partial charge in [-0.2, -0.15) is 5.10 Å². The Hall–Kier alpha value is -1.84. The van der Waals surface area contributed by atoms with Crippen molar-refractivity contribution in [2.45, 2.75) is 25.7 Å². The van der Waals surface area contributed by atoms with Gasteiger partial charge in [0.2, 0.25) is 5.91 Å². The average Bonchev–Trinajstić information content (AvgIpc) is 3.15. The summed E-state index contributed by atoms with van der Waals surface area (Å²) in [5.74, 6) is 1.55. The molecule has 0 spiro atoms.